The zero-order chi connectivity index (χ0) is 16.4. The molecule has 0 fully saturated rings. The van der Waals surface area contributed by atoms with Crippen molar-refractivity contribution < 1.29 is 0 Å². The van der Waals surface area contributed by atoms with Gasteiger partial charge in [0, 0.05) is 0 Å². The fraction of sp³-hybridized carbons (Fsp3) is 0. The number of rotatable bonds is 3. The number of hydrogen-bond acceptors (Lipinski definition) is 0. The van der Waals surface area contributed by atoms with Crippen LogP contribution in [-0.2, 0) is 0 Å². The molecule has 0 aliphatic carbocycles. The number of hydrogen-bond donors (Lipinski definition) is 0. The van der Waals surface area contributed by atoms with E-state index in [1.807, 2.05) is 0 Å². The molecule has 1 aromatic heterocycles. The molecular weight excluding hydrogens is 423 g/mol. The van der Waals surface area contributed by atoms with Crippen LogP contribution in [-0.4, -0.2) is 14.5 Å². The van der Waals surface area contributed by atoms with E-state index in [2.05, 4.69) is 107 Å². The second kappa shape index (κ2) is 6.94. The fourth-order valence-electron chi connectivity index (χ4n) is 2.78. The Balaban J connectivity index is 1.89. The van der Waals surface area contributed by atoms with E-state index in [0.717, 1.165) is 4.47 Å². The maximum atomic E-state index is 3.53. The van der Waals surface area contributed by atoms with Crippen LogP contribution in [0, 0.1) is 0 Å². The summed E-state index contributed by atoms with van der Waals surface area (Å²) in [5, 5.41) is 0. The predicted molar refractivity (Wildman–Crippen MR) is 107 cm³/mol. The van der Waals surface area contributed by atoms with Gasteiger partial charge in [-0.3, -0.25) is 0 Å². The second-order valence-corrected chi connectivity index (χ2v) is 8.72. The van der Waals surface area contributed by atoms with Crippen LogP contribution >= 0.6 is 15.9 Å². The quantitative estimate of drug-likeness (QED) is 0.320. The van der Waals surface area contributed by atoms with Crippen LogP contribution in [0.5, 0.6) is 0 Å². The second-order valence-electron chi connectivity index (χ2n) is 5.59. The third-order valence-electron chi connectivity index (χ3n) is 3.98. The normalized spacial score (nSPS) is 10.7. The van der Waals surface area contributed by atoms with Crippen molar-refractivity contribution in [1.29, 1.82) is 0 Å². The van der Waals surface area contributed by atoms with Crippen LogP contribution in [0.2, 0.25) is 0 Å². The van der Waals surface area contributed by atoms with Gasteiger partial charge in [0.1, 0.15) is 0 Å². The molecule has 0 N–H and O–H groups in total. The molecule has 1 heterocycles. The summed E-state index contributed by atoms with van der Waals surface area (Å²) in [6.07, 6.45) is 0. The zero-order valence-corrected chi connectivity index (χ0v) is 16.2. The summed E-state index contributed by atoms with van der Waals surface area (Å²) in [5.41, 5.74) is 5.31. The Bertz CT molecular complexity index is 881. The van der Waals surface area contributed by atoms with Crippen molar-refractivity contribution >= 4 is 30.4 Å². The summed E-state index contributed by atoms with van der Waals surface area (Å²) in [7, 11) is 0. The molecule has 0 amide bonds. The standard InChI is InChI=1S/C22H15BrSe/c23-19-13-11-17(12-14-19)21-15-20(16-7-3-1-4-8-16)22(24-21)18-9-5-2-6-10-18/h1-15H. The van der Waals surface area contributed by atoms with Crippen molar-refractivity contribution in [2.24, 2.45) is 0 Å². The number of benzene rings is 3. The Morgan fingerprint density at radius 2 is 1.17 bits per heavy atom. The summed E-state index contributed by atoms with van der Waals surface area (Å²) in [4.78, 5) is 0. The first-order chi connectivity index (χ1) is 11.8. The molecule has 0 aliphatic heterocycles. The Kier molecular flexibility index (Phi) is 4.53. The summed E-state index contributed by atoms with van der Waals surface area (Å²) >= 11 is 3.83. The summed E-state index contributed by atoms with van der Waals surface area (Å²) in [5.74, 6) is 0. The molecule has 0 radical (unpaired) electrons. The Labute approximate surface area is 156 Å². The molecule has 0 unspecified atom stereocenters. The molecule has 4 rings (SSSR count). The van der Waals surface area contributed by atoms with Crippen LogP contribution in [0.15, 0.2) is 95.5 Å². The molecule has 116 valence electrons. The average molecular weight is 438 g/mol. The third kappa shape index (κ3) is 3.18. The van der Waals surface area contributed by atoms with Crippen molar-refractivity contribution in [2.75, 3.05) is 0 Å². The van der Waals surface area contributed by atoms with Gasteiger partial charge in [0.05, 0.1) is 0 Å². The molecule has 4 aromatic rings. The molecule has 0 atom stereocenters. The van der Waals surface area contributed by atoms with Gasteiger partial charge in [-0.2, -0.15) is 0 Å². The van der Waals surface area contributed by atoms with Crippen LogP contribution in [0.3, 0.4) is 0 Å². The van der Waals surface area contributed by atoms with Gasteiger partial charge in [-0.25, -0.2) is 0 Å². The van der Waals surface area contributed by atoms with Gasteiger partial charge < -0.3 is 0 Å². The molecule has 0 saturated heterocycles. The average Bonchev–Trinajstić information content (AvgIpc) is 3.09. The van der Waals surface area contributed by atoms with Crippen LogP contribution in [0.4, 0.5) is 0 Å². The fourth-order valence-corrected chi connectivity index (χ4v) is 5.55. The molecule has 24 heavy (non-hydrogen) atoms. The van der Waals surface area contributed by atoms with Crippen molar-refractivity contribution in [2.45, 2.75) is 0 Å². The van der Waals surface area contributed by atoms with E-state index >= 15 is 0 Å². The van der Waals surface area contributed by atoms with Gasteiger partial charge in [-0.15, -0.1) is 0 Å². The van der Waals surface area contributed by atoms with Crippen LogP contribution in [0.25, 0.3) is 31.1 Å². The molecular formula is C22H15BrSe. The Morgan fingerprint density at radius 1 is 0.583 bits per heavy atom. The van der Waals surface area contributed by atoms with Gasteiger partial charge >= 0.3 is 157 Å². The van der Waals surface area contributed by atoms with E-state index in [1.54, 1.807) is 0 Å². The maximum absolute atomic E-state index is 3.53. The SMILES string of the molecule is Brc1ccc(-c2cc(-c3ccccc3)c(-c3ccccc3)[se]2)cc1. The topological polar surface area (TPSA) is 0 Å². The minimum absolute atomic E-state index is 0.306. The Morgan fingerprint density at radius 3 is 1.79 bits per heavy atom. The minimum atomic E-state index is 0.306. The van der Waals surface area contributed by atoms with Gasteiger partial charge in [0.2, 0.25) is 0 Å². The van der Waals surface area contributed by atoms with Gasteiger partial charge in [-0.05, 0) is 0 Å². The Hall–Kier alpha value is -1.86. The first-order valence-electron chi connectivity index (χ1n) is 7.82. The first-order valence-corrected chi connectivity index (χ1v) is 10.3. The molecule has 0 spiro atoms. The van der Waals surface area contributed by atoms with E-state index in [4.69, 9.17) is 0 Å². The predicted octanol–water partition coefficient (Wildman–Crippen LogP) is 6.51. The molecule has 0 nitrogen and oxygen atoms in total. The van der Waals surface area contributed by atoms with Gasteiger partial charge in [0.15, 0.2) is 0 Å². The molecule has 0 aliphatic rings. The van der Waals surface area contributed by atoms with Gasteiger partial charge in [0.25, 0.3) is 0 Å². The van der Waals surface area contributed by atoms with Gasteiger partial charge in [-0.1, -0.05) is 0 Å². The van der Waals surface area contributed by atoms with E-state index in [1.165, 1.54) is 31.1 Å². The molecule has 0 saturated carbocycles. The van der Waals surface area contributed by atoms with Crippen molar-refractivity contribution in [3.8, 4) is 31.1 Å². The van der Waals surface area contributed by atoms with E-state index in [0.29, 0.717) is 14.5 Å². The van der Waals surface area contributed by atoms with Crippen LogP contribution < -0.4 is 0 Å². The van der Waals surface area contributed by atoms with E-state index in [9.17, 15) is 0 Å². The van der Waals surface area contributed by atoms with Crippen LogP contribution in [0.1, 0.15) is 0 Å². The number of halogens is 1. The first kappa shape index (κ1) is 15.7. The van der Waals surface area contributed by atoms with E-state index in [-0.39, 0.29) is 0 Å². The third-order valence-corrected chi connectivity index (χ3v) is 7.10. The molecule has 0 bridgehead atoms. The summed E-state index contributed by atoms with van der Waals surface area (Å²) in [6, 6.07) is 32.5. The van der Waals surface area contributed by atoms with E-state index < -0.39 is 0 Å². The van der Waals surface area contributed by atoms with Crippen molar-refractivity contribution in [3.05, 3.63) is 95.5 Å². The monoisotopic (exact) mass is 438 g/mol. The molecule has 2 heteroatoms. The van der Waals surface area contributed by atoms with Crippen molar-refractivity contribution in [1.82, 2.24) is 0 Å². The summed E-state index contributed by atoms with van der Waals surface area (Å²) < 4.78 is 4.02. The summed E-state index contributed by atoms with van der Waals surface area (Å²) in [6.45, 7) is 0. The zero-order valence-electron chi connectivity index (χ0n) is 12.9. The van der Waals surface area contributed by atoms with Crippen molar-refractivity contribution in [3.63, 3.8) is 0 Å². The molecule has 3 aromatic carbocycles.